The van der Waals surface area contributed by atoms with Gasteiger partial charge in [0.15, 0.2) is 4.32 Å². The van der Waals surface area contributed by atoms with E-state index in [0.29, 0.717) is 15.8 Å². The molecule has 0 bridgehead atoms. The number of carbonyl (C=O) groups is 1. The van der Waals surface area contributed by atoms with Crippen LogP contribution in [0.2, 0.25) is 0 Å². The highest BCUT2D eigenvalue weighted by Crippen LogP contribution is 2.40. The Hall–Kier alpha value is -2.15. The number of carbonyl (C=O) groups excluding carboxylic acids is 1. The minimum Gasteiger partial charge on any atom is -0.493 e. The zero-order chi connectivity index (χ0) is 20.4. The number of hydrogen-bond donors (Lipinski definition) is 0. The van der Waals surface area contributed by atoms with Crippen molar-refractivity contribution < 1.29 is 9.53 Å². The minimum absolute atomic E-state index is 0.113. The molecule has 1 aliphatic rings. The highest BCUT2D eigenvalue weighted by molar-refractivity contribution is 9.10. The van der Waals surface area contributed by atoms with E-state index in [1.54, 1.807) is 4.90 Å². The van der Waals surface area contributed by atoms with E-state index >= 15 is 0 Å². The van der Waals surface area contributed by atoms with Crippen LogP contribution in [-0.4, -0.2) is 16.8 Å². The van der Waals surface area contributed by atoms with Crippen molar-refractivity contribution in [3.63, 3.8) is 0 Å². The lowest BCUT2D eigenvalue weighted by atomic mass is 10.1. The van der Waals surface area contributed by atoms with Crippen LogP contribution in [0.25, 0.3) is 16.8 Å². The summed E-state index contributed by atoms with van der Waals surface area (Å²) in [5, 5.41) is 2.08. The van der Waals surface area contributed by atoms with Crippen molar-refractivity contribution in [2.75, 3.05) is 11.5 Å². The molecule has 146 valence electrons. The highest BCUT2D eigenvalue weighted by atomic mass is 79.9. The zero-order valence-corrected chi connectivity index (χ0v) is 18.9. The Labute approximate surface area is 187 Å². The van der Waals surface area contributed by atoms with Gasteiger partial charge < -0.3 is 4.74 Å². The molecule has 1 fully saturated rings. The van der Waals surface area contributed by atoms with Gasteiger partial charge in [0.1, 0.15) is 5.75 Å². The molecule has 1 amide bonds. The van der Waals surface area contributed by atoms with Crippen molar-refractivity contribution in [2.24, 2.45) is 0 Å². The molecule has 3 aromatic carbocycles. The summed E-state index contributed by atoms with van der Waals surface area (Å²) in [6.45, 7) is 2.69. The van der Waals surface area contributed by atoms with E-state index in [9.17, 15) is 4.79 Å². The summed E-state index contributed by atoms with van der Waals surface area (Å²) in [6.07, 6.45) is 2.78. The third kappa shape index (κ3) is 4.10. The largest absolute Gasteiger partial charge is 0.493 e. The minimum atomic E-state index is -0.113. The second-order valence-corrected chi connectivity index (χ2v) is 9.14. The van der Waals surface area contributed by atoms with Crippen LogP contribution in [0.4, 0.5) is 5.69 Å². The number of thioether (sulfide) groups is 1. The fraction of sp³-hybridized carbons (Fsp3) is 0.130. The fourth-order valence-corrected chi connectivity index (χ4v) is 4.85. The predicted molar refractivity (Wildman–Crippen MR) is 130 cm³/mol. The molecule has 1 aliphatic heterocycles. The van der Waals surface area contributed by atoms with Gasteiger partial charge in [-0.05, 0) is 42.1 Å². The normalized spacial score (nSPS) is 15.5. The van der Waals surface area contributed by atoms with Crippen molar-refractivity contribution in [3.8, 4) is 5.75 Å². The molecule has 0 radical (unpaired) electrons. The van der Waals surface area contributed by atoms with E-state index in [2.05, 4.69) is 22.9 Å². The second kappa shape index (κ2) is 8.69. The SMILES string of the molecule is CCCOc1ccc(Br)cc1/C=C1\SC(=S)N(c2cccc3ccccc23)C1=O. The Morgan fingerprint density at radius 1 is 1.14 bits per heavy atom. The van der Waals surface area contributed by atoms with Gasteiger partial charge in [-0.25, -0.2) is 0 Å². The van der Waals surface area contributed by atoms with E-state index < -0.39 is 0 Å². The molecular formula is C23H18BrNO2S2. The van der Waals surface area contributed by atoms with Gasteiger partial charge in [0.05, 0.1) is 17.2 Å². The summed E-state index contributed by atoms with van der Waals surface area (Å²) in [7, 11) is 0. The van der Waals surface area contributed by atoms with Crippen LogP contribution in [-0.2, 0) is 4.79 Å². The maximum absolute atomic E-state index is 13.3. The number of benzene rings is 3. The van der Waals surface area contributed by atoms with E-state index in [1.165, 1.54) is 11.8 Å². The smallest absolute Gasteiger partial charge is 0.270 e. The number of nitrogens with zero attached hydrogens (tertiary/aromatic N) is 1. The summed E-state index contributed by atoms with van der Waals surface area (Å²) in [5.41, 5.74) is 1.66. The number of anilines is 1. The molecule has 4 rings (SSSR count). The summed E-state index contributed by atoms with van der Waals surface area (Å²) in [6, 6.07) is 19.7. The van der Waals surface area contributed by atoms with Gasteiger partial charge in [0.2, 0.25) is 0 Å². The third-order valence-corrected chi connectivity index (χ3v) is 6.32. The zero-order valence-electron chi connectivity index (χ0n) is 15.7. The molecule has 0 atom stereocenters. The van der Waals surface area contributed by atoms with Gasteiger partial charge in [-0.15, -0.1) is 0 Å². The summed E-state index contributed by atoms with van der Waals surface area (Å²) in [5.74, 6) is 0.642. The van der Waals surface area contributed by atoms with Gasteiger partial charge in [-0.2, -0.15) is 0 Å². The van der Waals surface area contributed by atoms with E-state index in [-0.39, 0.29) is 5.91 Å². The van der Waals surface area contributed by atoms with Crippen molar-refractivity contribution in [1.82, 2.24) is 0 Å². The first kappa shape index (κ1) is 20.1. The molecule has 1 heterocycles. The van der Waals surface area contributed by atoms with Crippen molar-refractivity contribution in [1.29, 1.82) is 0 Å². The number of halogens is 1. The van der Waals surface area contributed by atoms with E-state index in [4.69, 9.17) is 17.0 Å². The first-order valence-corrected chi connectivity index (χ1v) is 11.3. The van der Waals surface area contributed by atoms with Crippen LogP contribution in [0, 0.1) is 0 Å². The van der Waals surface area contributed by atoms with Crippen molar-refractivity contribution >= 4 is 72.7 Å². The van der Waals surface area contributed by atoms with Gasteiger partial charge in [-0.1, -0.05) is 83.2 Å². The Bertz CT molecular complexity index is 1140. The van der Waals surface area contributed by atoms with Crippen LogP contribution in [0.5, 0.6) is 5.75 Å². The van der Waals surface area contributed by atoms with Crippen LogP contribution in [0.1, 0.15) is 18.9 Å². The van der Waals surface area contributed by atoms with Gasteiger partial charge in [0, 0.05) is 15.4 Å². The van der Waals surface area contributed by atoms with E-state index in [1.807, 2.05) is 66.7 Å². The number of hydrogen-bond acceptors (Lipinski definition) is 4. The lowest BCUT2D eigenvalue weighted by Crippen LogP contribution is -2.27. The lowest BCUT2D eigenvalue weighted by Gasteiger charge is -2.17. The molecule has 29 heavy (non-hydrogen) atoms. The quantitative estimate of drug-likeness (QED) is 0.294. The monoisotopic (exact) mass is 483 g/mol. The number of fused-ring (bicyclic) bond motifs is 1. The third-order valence-electron chi connectivity index (χ3n) is 4.52. The standard InChI is InChI=1S/C23H18BrNO2S2/c1-2-12-27-20-11-10-17(24)13-16(20)14-21-22(26)25(23(28)29-21)19-9-5-7-15-6-3-4-8-18(15)19/h3-11,13-14H,2,12H2,1H3/b21-14-. The maximum atomic E-state index is 13.3. The average Bonchev–Trinajstić information content (AvgIpc) is 3.00. The summed E-state index contributed by atoms with van der Waals surface area (Å²) < 4.78 is 7.31. The lowest BCUT2D eigenvalue weighted by molar-refractivity contribution is -0.113. The molecule has 1 saturated heterocycles. The van der Waals surface area contributed by atoms with Crippen LogP contribution in [0.3, 0.4) is 0 Å². The van der Waals surface area contributed by atoms with Crippen molar-refractivity contribution in [3.05, 3.63) is 75.6 Å². The predicted octanol–water partition coefficient (Wildman–Crippen LogP) is 6.80. The molecule has 0 aliphatic carbocycles. The van der Waals surface area contributed by atoms with Crippen molar-refractivity contribution in [2.45, 2.75) is 13.3 Å². The molecule has 0 aromatic heterocycles. The summed E-state index contributed by atoms with van der Waals surface area (Å²) >= 11 is 10.4. The Morgan fingerprint density at radius 3 is 2.76 bits per heavy atom. The van der Waals surface area contributed by atoms with Gasteiger partial charge in [-0.3, -0.25) is 9.69 Å². The Morgan fingerprint density at radius 2 is 1.93 bits per heavy atom. The number of ether oxygens (including phenoxy) is 1. The van der Waals surface area contributed by atoms with E-state index in [0.717, 1.165) is 38.7 Å². The Kier molecular flexibility index (Phi) is 6.04. The number of amides is 1. The molecule has 0 spiro atoms. The van der Waals surface area contributed by atoms with Gasteiger partial charge in [0.25, 0.3) is 5.91 Å². The first-order valence-electron chi connectivity index (χ1n) is 9.26. The maximum Gasteiger partial charge on any atom is 0.270 e. The molecule has 0 N–H and O–H groups in total. The topological polar surface area (TPSA) is 29.5 Å². The molecule has 3 nitrogen and oxygen atoms in total. The first-order chi connectivity index (χ1) is 14.1. The highest BCUT2D eigenvalue weighted by Gasteiger charge is 2.34. The van der Waals surface area contributed by atoms with Crippen LogP contribution in [0.15, 0.2) is 70.0 Å². The Balaban J connectivity index is 1.73. The number of thiocarbonyl (C=S) groups is 1. The molecular weight excluding hydrogens is 466 g/mol. The fourth-order valence-electron chi connectivity index (χ4n) is 3.20. The van der Waals surface area contributed by atoms with Crippen LogP contribution < -0.4 is 9.64 Å². The second-order valence-electron chi connectivity index (χ2n) is 6.55. The molecule has 6 heteroatoms. The average molecular weight is 484 g/mol. The molecule has 0 unspecified atom stereocenters. The summed E-state index contributed by atoms with van der Waals surface area (Å²) in [4.78, 5) is 15.5. The van der Waals surface area contributed by atoms with Gasteiger partial charge >= 0.3 is 0 Å². The molecule has 0 saturated carbocycles. The molecule has 3 aromatic rings. The number of rotatable bonds is 5. The van der Waals surface area contributed by atoms with Crippen LogP contribution >= 0.6 is 39.9 Å².